The molecule has 0 saturated carbocycles. The standard InChI is InChI=1S/C52H54N2OSi/c1-50(2,3)38-32-44(49(55)45(33-38)52(7,8)9)48-35-39(51(4,5)6)34-47(54-48)37-29-36(46-27-19-20-28-53-46)30-43(31-37)56(40-21-13-10-14-22-40,41-23-15-11-16-24-41)42-25-17-12-18-26-42/h10-35,55H,1-9H3. The number of hydrogen-bond acceptors (Lipinski definition) is 3. The van der Waals surface area contributed by atoms with Crippen molar-refractivity contribution in [3.8, 4) is 39.5 Å². The van der Waals surface area contributed by atoms with E-state index in [0.717, 1.165) is 44.9 Å². The van der Waals surface area contributed by atoms with Gasteiger partial charge < -0.3 is 5.11 Å². The number of pyridine rings is 2. The van der Waals surface area contributed by atoms with Crippen LogP contribution in [0.25, 0.3) is 33.8 Å². The second kappa shape index (κ2) is 14.8. The molecule has 2 aromatic heterocycles. The molecular weight excluding hydrogens is 697 g/mol. The smallest absolute Gasteiger partial charge is 0.179 e. The SMILES string of the molecule is CC(C)(C)c1cc(-c2cc(-c3ccccn3)cc([Si](c3ccccc3)(c3ccccc3)c3ccccc3)c2)nc(-c2cc(C(C)(C)C)cc(C(C)(C)C)c2O)c1. The van der Waals surface area contributed by atoms with E-state index < -0.39 is 8.07 Å². The molecule has 7 rings (SSSR count). The first-order valence-corrected chi connectivity index (χ1v) is 21.7. The summed E-state index contributed by atoms with van der Waals surface area (Å²) in [6, 6.07) is 55.0. The van der Waals surface area contributed by atoms with E-state index in [1.54, 1.807) is 0 Å². The van der Waals surface area contributed by atoms with Gasteiger partial charge in [-0.1, -0.05) is 178 Å². The summed E-state index contributed by atoms with van der Waals surface area (Å²) < 4.78 is 0. The van der Waals surface area contributed by atoms with E-state index in [-0.39, 0.29) is 16.2 Å². The van der Waals surface area contributed by atoms with Crippen LogP contribution >= 0.6 is 0 Å². The Bertz CT molecular complexity index is 2360. The lowest BCUT2D eigenvalue weighted by molar-refractivity contribution is 0.446. The number of hydrogen-bond donors (Lipinski definition) is 1. The predicted molar refractivity (Wildman–Crippen MR) is 240 cm³/mol. The number of aromatic hydroxyl groups is 1. The highest BCUT2D eigenvalue weighted by atomic mass is 28.3. The lowest BCUT2D eigenvalue weighted by atomic mass is 9.78. The molecule has 0 atom stereocenters. The minimum Gasteiger partial charge on any atom is -0.507 e. The third-order valence-electron chi connectivity index (χ3n) is 11.0. The molecule has 7 aromatic rings. The fourth-order valence-electron chi connectivity index (χ4n) is 7.82. The third-order valence-corrected chi connectivity index (χ3v) is 15.7. The number of benzene rings is 5. The van der Waals surface area contributed by atoms with Gasteiger partial charge in [0.2, 0.25) is 0 Å². The predicted octanol–water partition coefficient (Wildman–Crippen LogP) is 10.5. The summed E-state index contributed by atoms with van der Waals surface area (Å²) in [4.78, 5) is 10.4. The molecule has 0 amide bonds. The molecule has 0 spiro atoms. The molecule has 0 bridgehead atoms. The molecule has 0 aliphatic carbocycles. The molecule has 0 radical (unpaired) electrons. The van der Waals surface area contributed by atoms with Crippen molar-refractivity contribution in [3.63, 3.8) is 0 Å². The van der Waals surface area contributed by atoms with Crippen molar-refractivity contribution in [3.05, 3.63) is 175 Å². The van der Waals surface area contributed by atoms with E-state index in [0.29, 0.717) is 5.75 Å². The molecule has 1 N–H and O–H groups in total. The van der Waals surface area contributed by atoms with Gasteiger partial charge in [0, 0.05) is 28.5 Å². The second-order valence-corrected chi connectivity index (χ2v) is 22.0. The first kappa shape index (κ1) is 38.7. The highest BCUT2D eigenvalue weighted by Gasteiger charge is 2.42. The van der Waals surface area contributed by atoms with Crippen LogP contribution in [0.15, 0.2) is 158 Å². The van der Waals surface area contributed by atoms with Crippen LogP contribution < -0.4 is 20.7 Å². The van der Waals surface area contributed by atoms with Crippen LogP contribution in [0.1, 0.15) is 79.0 Å². The number of aromatic nitrogens is 2. The van der Waals surface area contributed by atoms with Crippen LogP contribution in [0.5, 0.6) is 5.75 Å². The number of phenols is 1. The Kier molecular flexibility index (Phi) is 10.2. The number of phenolic OH excluding ortho intramolecular Hbond substituents is 1. The van der Waals surface area contributed by atoms with Crippen molar-refractivity contribution in [2.24, 2.45) is 0 Å². The Balaban J connectivity index is 1.60. The summed E-state index contributed by atoms with van der Waals surface area (Å²) in [6.07, 6.45) is 1.87. The maximum atomic E-state index is 12.1. The van der Waals surface area contributed by atoms with Crippen LogP contribution in [0.3, 0.4) is 0 Å². The van der Waals surface area contributed by atoms with E-state index >= 15 is 0 Å². The molecule has 56 heavy (non-hydrogen) atoms. The van der Waals surface area contributed by atoms with Crippen molar-refractivity contribution in [2.75, 3.05) is 0 Å². The highest BCUT2D eigenvalue weighted by Crippen LogP contribution is 2.43. The average Bonchev–Trinajstić information content (AvgIpc) is 3.18. The molecule has 3 nitrogen and oxygen atoms in total. The first-order valence-electron chi connectivity index (χ1n) is 19.7. The van der Waals surface area contributed by atoms with Crippen LogP contribution in [-0.2, 0) is 16.2 Å². The molecule has 0 aliphatic rings. The number of rotatable bonds is 7. The summed E-state index contributed by atoms with van der Waals surface area (Å²) in [7, 11) is -2.92. The van der Waals surface area contributed by atoms with Gasteiger partial charge in [-0.25, -0.2) is 4.98 Å². The fourth-order valence-corrected chi connectivity index (χ4v) is 12.6. The Morgan fingerprint density at radius 1 is 0.429 bits per heavy atom. The van der Waals surface area contributed by atoms with E-state index in [1.807, 2.05) is 12.3 Å². The van der Waals surface area contributed by atoms with Gasteiger partial charge in [-0.05, 0) is 84.5 Å². The van der Waals surface area contributed by atoms with Crippen LogP contribution in [0.2, 0.25) is 0 Å². The van der Waals surface area contributed by atoms with Crippen molar-refractivity contribution in [1.82, 2.24) is 9.97 Å². The zero-order valence-electron chi connectivity index (χ0n) is 34.4. The zero-order valence-corrected chi connectivity index (χ0v) is 35.4. The van der Waals surface area contributed by atoms with Crippen molar-refractivity contribution in [1.29, 1.82) is 0 Å². The van der Waals surface area contributed by atoms with Gasteiger partial charge in [-0.2, -0.15) is 0 Å². The summed E-state index contributed by atoms with van der Waals surface area (Å²) in [5, 5.41) is 17.3. The summed E-state index contributed by atoms with van der Waals surface area (Å²) in [5.41, 5.74) is 8.01. The maximum Gasteiger partial charge on any atom is 0.179 e. The lowest BCUT2D eigenvalue weighted by Gasteiger charge is -2.35. The molecule has 4 heteroatoms. The summed E-state index contributed by atoms with van der Waals surface area (Å²) in [6.45, 7) is 19.9. The van der Waals surface area contributed by atoms with Crippen LogP contribution in [-0.4, -0.2) is 23.1 Å². The largest absolute Gasteiger partial charge is 0.507 e. The zero-order chi connectivity index (χ0) is 39.9. The van der Waals surface area contributed by atoms with E-state index in [2.05, 4.69) is 208 Å². The van der Waals surface area contributed by atoms with E-state index in [1.165, 1.54) is 26.3 Å². The van der Waals surface area contributed by atoms with E-state index in [4.69, 9.17) is 9.97 Å². The van der Waals surface area contributed by atoms with Gasteiger partial charge in [-0.3, -0.25) is 4.98 Å². The van der Waals surface area contributed by atoms with Crippen LogP contribution in [0, 0.1) is 0 Å². The Morgan fingerprint density at radius 2 is 0.893 bits per heavy atom. The fraction of sp³-hybridized carbons (Fsp3) is 0.231. The third kappa shape index (κ3) is 7.51. The Labute approximate surface area is 335 Å². The second-order valence-electron chi connectivity index (χ2n) is 18.2. The van der Waals surface area contributed by atoms with Crippen molar-refractivity contribution < 1.29 is 5.11 Å². The van der Waals surface area contributed by atoms with Gasteiger partial charge in [-0.15, -0.1) is 0 Å². The molecule has 0 aliphatic heterocycles. The van der Waals surface area contributed by atoms with Crippen molar-refractivity contribution in [2.45, 2.75) is 78.6 Å². The minimum atomic E-state index is -2.92. The molecule has 2 heterocycles. The normalized spacial score (nSPS) is 12.4. The topological polar surface area (TPSA) is 46.0 Å². The summed E-state index contributed by atoms with van der Waals surface area (Å²) in [5.74, 6) is 0.293. The summed E-state index contributed by atoms with van der Waals surface area (Å²) >= 11 is 0. The van der Waals surface area contributed by atoms with Crippen molar-refractivity contribution >= 4 is 28.8 Å². The Hall–Kier alpha value is -5.58. The monoisotopic (exact) mass is 750 g/mol. The molecule has 0 fully saturated rings. The molecule has 282 valence electrons. The number of nitrogens with zero attached hydrogens (tertiary/aromatic N) is 2. The minimum absolute atomic E-state index is 0.126. The van der Waals surface area contributed by atoms with E-state index in [9.17, 15) is 5.11 Å². The van der Waals surface area contributed by atoms with Gasteiger partial charge >= 0.3 is 0 Å². The van der Waals surface area contributed by atoms with Crippen LogP contribution in [0.4, 0.5) is 0 Å². The van der Waals surface area contributed by atoms with Gasteiger partial charge in [0.05, 0.1) is 17.1 Å². The molecular formula is C52H54N2OSi. The molecule has 5 aromatic carbocycles. The molecule has 0 unspecified atom stereocenters. The van der Waals surface area contributed by atoms with Gasteiger partial charge in [0.25, 0.3) is 0 Å². The Morgan fingerprint density at radius 3 is 1.36 bits per heavy atom. The van der Waals surface area contributed by atoms with Gasteiger partial charge in [0.15, 0.2) is 8.07 Å². The highest BCUT2D eigenvalue weighted by molar-refractivity contribution is 7.20. The molecule has 0 saturated heterocycles. The lowest BCUT2D eigenvalue weighted by Crippen LogP contribution is -2.74. The average molecular weight is 751 g/mol. The first-order chi connectivity index (χ1) is 26.6. The van der Waals surface area contributed by atoms with Gasteiger partial charge in [0.1, 0.15) is 5.75 Å². The maximum absolute atomic E-state index is 12.1. The quantitative estimate of drug-likeness (QED) is 0.130.